The number of fused-ring (bicyclic) bond motifs is 1. The van der Waals surface area contributed by atoms with Gasteiger partial charge in [-0.3, -0.25) is 4.79 Å². The van der Waals surface area contributed by atoms with E-state index >= 15 is 0 Å². The molecule has 138 valence electrons. The molecule has 1 aromatic rings. The van der Waals surface area contributed by atoms with Crippen LogP contribution in [0.1, 0.15) is 49.7 Å². The Balaban J connectivity index is 1.51. The number of hydrogen-bond donors (Lipinski definition) is 1. The van der Waals surface area contributed by atoms with Crippen LogP contribution in [0.25, 0.3) is 0 Å². The van der Waals surface area contributed by atoms with Gasteiger partial charge in [0.1, 0.15) is 0 Å². The highest BCUT2D eigenvalue weighted by atomic mass is 32.2. The molecule has 1 saturated heterocycles. The van der Waals surface area contributed by atoms with E-state index in [4.69, 9.17) is 0 Å². The lowest BCUT2D eigenvalue weighted by molar-refractivity contribution is -0.126. The van der Waals surface area contributed by atoms with Crippen LogP contribution in [0.15, 0.2) is 24.3 Å². The van der Waals surface area contributed by atoms with Crippen molar-refractivity contribution in [1.29, 1.82) is 0 Å². The molecular formula is C19H28N2O3S. The molecule has 2 aliphatic rings. The number of rotatable bonds is 5. The Morgan fingerprint density at radius 2 is 1.92 bits per heavy atom. The van der Waals surface area contributed by atoms with Crippen LogP contribution in [0.5, 0.6) is 0 Å². The van der Waals surface area contributed by atoms with Crippen LogP contribution in [0, 0.1) is 5.92 Å². The Hall–Kier alpha value is -1.40. The van der Waals surface area contributed by atoms with Crippen molar-refractivity contribution >= 4 is 15.9 Å². The van der Waals surface area contributed by atoms with Gasteiger partial charge < -0.3 is 5.32 Å². The second-order valence-corrected chi connectivity index (χ2v) is 9.36. The molecule has 0 bridgehead atoms. The van der Waals surface area contributed by atoms with Gasteiger partial charge in [0, 0.05) is 31.5 Å². The lowest BCUT2D eigenvalue weighted by Gasteiger charge is -2.31. The molecule has 0 aromatic heterocycles. The van der Waals surface area contributed by atoms with Gasteiger partial charge in [-0.25, -0.2) is 12.7 Å². The Bertz CT molecular complexity index is 709. The third-order valence-corrected chi connectivity index (χ3v) is 7.48. The normalized spacial score (nSPS) is 22.4. The van der Waals surface area contributed by atoms with Crippen molar-refractivity contribution in [3.8, 4) is 0 Å². The first-order valence-electron chi connectivity index (χ1n) is 9.34. The van der Waals surface area contributed by atoms with Crippen LogP contribution in [0.3, 0.4) is 0 Å². The van der Waals surface area contributed by atoms with Gasteiger partial charge in [0.05, 0.1) is 5.75 Å². The quantitative estimate of drug-likeness (QED) is 0.872. The van der Waals surface area contributed by atoms with Crippen molar-refractivity contribution in [2.75, 3.05) is 25.4 Å². The van der Waals surface area contributed by atoms with Gasteiger partial charge in [-0.15, -0.1) is 0 Å². The summed E-state index contributed by atoms with van der Waals surface area (Å²) in [5.74, 6) is 0.540. The number of aryl methyl sites for hydroxylation is 1. The van der Waals surface area contributed by atoms with Crippen molar-refractivity contribution in [2.24, 2.45) is 5.92 Å². The maximum atomic E-state index is 12.5. The number of nitrogens with zero attached hydrogens (tertiary/aromatic N) is 1. The van der Waals surface area contributed by atoms with Crippen LogP contribution in [-0.2, 0) is 21.2 Å². The summed E-state index contributed by atoms with van der Waals surface area (Å²) < 4.78 is 25.3. The molecule has 1 aliphatic carbocycles. The van der Waals surface area contributed by atoms with E-state index in [-0.39, 0.29) is 17.6 Å². The average molecular weight is 365 g/mol. The summed E-state index contributed by atoms with van der Waals surface area (Å²) in [6.45, 7) is 3.26. The van der Waals surface area contributed by atoms with Gasteiger partial charge in [-0.05, 0) is 50.2 Å². The Morgan fingerprint density at radius 1 is 1.20 bits per heavy atom. The summed E-state index contributed by atoms with van der Waals surface area (Å²) in [5.41, 5.74) is 2.78. The molecule has 0 radical (unpaired) electrons. The van der Waals surface area contributed by atoms with Crippen LogP contribution in [-0.4, -0.2) is 44.0 Å². The van der Waals surface area contributed by atoms with E-state index in [0.29, 0.717) is 38.4 Å². The largest absolute Gasteiger partial charge is 0.355 e. The van der Waals surface area contributed by atoms with Gasteiger partial charge in [-0.2, -0.15) is 0 Å². The molecule has 1 heterocycles. The molecule has 5 nitrogen and oxygen atoms in total. The van der Waals surface area contributed by atoms with Gasteiger partial charge >= 0.3 is 0 Å². The smallest absolute Gasteiger partial charge is 0.223 e. The van der Waals surface area contributed by atoms with E-state index < -0.39 is 10.0 Å². The maximum absolute atomic E-state index is 12.5. The van der Waals surface area contributed by atoms with Crippen LogP contribution >= 0.6 is 0 Å². The third kappa shape index (κ3) is 4.23. The minimum atomic E-state index is -3.13. The number of carbonyl (C=O) groups is 1. The summed E-state index contributed by atoms with van der Waals surface area (Å²) in [6, 6.07) is 8.52. The van der Waals surface area contributed by atoms with Crippen molar-refractivity contribution in [3.63, 3.8) is 0 Å². The highest BCUT2D eigenvalue weighted by Crippen LogP contribution is 2.31. The molecule has 1 amide bonds. The fourth-order valence-electron chi connectivity index (χ4n) is 4.01. The molecule has 25 heavy (non-hydrogen) atoms. The predicted octanol–water partition coefficient (Wildman–Crippen LogP) is 2.28. The maximum Gasteiger partial charge on any atom is 0.223 e. The Kier molecular flexibility index (Phi) is 5.79. The van der Waals surface area contributed by atoms with E-state index in [1.807, 2.05) is 0 Å². The molecule has 1 N–H and O–H groups in total. The van der Waals surface area contributed by atoms with E-state index in [2.05, 4.69) is 29.6 Å². The number of benzene rings is 1. The highest BCUT2D eigenvalue weighted by Gasteiger charge is 2.30. The fourth-order valence-corrected chi connectivity index (χ4v) is 5.15. The molecule has 0 saturated carbocycles. The van der Waals surface area contributed by atoms with E-state index in [0.717, 1.165) is 12.8 Å². The summed E-state index contributed by atoms with van der Waals surface area (Å²) in [5, 5.41) is 3.12. The first-order valence-corrected chi connectivity index (χ1v) is 11.0. The van der Waals surface area contributed by atoms with E-state index in [9.17, 15) is 13.2 Å². The molecular weight excluding hydrogens is 336 g/mol. The van der Waals surface area contributed by atoms with Crippen molar-refractivity contribution < 1.29 is 13.2 Å². The van der Waals surface area contributed by atoms with E-state index in [1.54, 1.807) is 6.92 Å². The van der Waals surface area contributed by atoms with Crippen molar-refractivity contribution in [1.82, 2.24) is 9.62 Å². The summed E-state index contributed by atoms with van der Waals surface area (Å²) in [6.07, 6.45) is 4.65. The summed E-state index contributed by atoms with van der Waals surface area (Å²) in [7, 11) is -3.13. The molecule has 1 atom stereocenters. The molecule has 1 aromatic carbocycles. The summed E-state index contributed by atoms with van der Waals surface area (Å²) >= 11 is 0. The van der Waals surface area contributed by atoms with Crippen molar-refractivity contribution in [3.05, 3.63) is 35.4 Å². The zero-order valence-electron chi connectivity index (χ0n) is 14.9. The Labute approximate surface area is 150 Å². The molecule has 0 spiro atoms. The highest BCUT2D eigenvalue weighted by molar-refractivity contribution is 7.89. The van der Waals surface area contributed by atoms with E-state index in [1.165, 1.54) is 21.9 Å². The fraction of sp³-hybridized carbons (Fsp3) is 0.632. The lowest BCUT2D eigenvalue weighted by atomic mass is 9.82. The Morgan fingerprint density at radius 3 is 2.64 bits per heavy atom. The molecule has 1 fully saturated rings. The minimum Gasteiger partial charge on any atom is -0.355 e. The molecule has 3 rings (SSSR count). The standard InChI is InChI=1S/C19H28N2O3S/c1-2-25(23,24)21-12-10-16(11-13-21)19(22)20-14-17-8-5-7-15-6-3-4-9-18(15)17/h3-4,6,9,16-17H,2,5,7-8,10-14H2,1H3,(H,20,22). The van der Waals surface area contributed by atoms with Gasteiger partial charge in [-0.1, -0.05) is 24.3 Å². The van der Waals surface area contributed by atoms with Gasteiger partial charge in [0.2, 0.25) is 15.9 Å². The van der Waals surface area contributed by atoms with Gasteiger partial charge in [0.25, 0.3) is 0 Å². The number of amides is 1. The molecule has 1 unspecified atom stereocenters. The topological polar surface area (TPSA) is 66.5 Å². The first kappa shape index (κ1) is 18.4. The number of nitrogens with one attached hydrogen (secondary N) is 1. The monoisotopic (exact) mass is 364 g/mol. The van der Waals surface area contributed by atoms with Crippen LogP contribution < -0.4 is 5.32 Å². The summed E-state index contributed by atoms with van der Waals surface area (Å²) in [4.78, 5) is 12.5. The molecule has 1 aliphatic heterocycles. The number of sulfonamides is 1. The first-order chi connectivity index (χ1) is 12.0. The number of hydrogen-bond acceptors (Lipinski definition) is 3. The third-order valence-electron chi connectivity index (χ3n) is 5.60. The SMILES string of the molecule is CCS(=O)(=O)N1CCC(C(=O)NCC2CCCc3ccccc32)CC1. The zero-order chi connectivity index (χ0) is 17.9. The molecule has 6 heteroatoms. The second-order valence-electron chi connectivity index (χ2n) is 7.11. The average Bonchev–Trinajstić information content (AvgIpc) is 2.66. The minimum absolute atomic E-state index is 0.0675. The second kappa shape index (κ2) is 7.87. The predicted molar refractivity (Wildman–Crippen MR) is 98.9 cm³/mol. The zero-order valence-corrected chi connectivity index (χ0v) is 15.7. The van der Waals surface area contributed by atoms with Crippen LogP contribution in [0.4, 0.5) is 0 Å². The van der Waals surface area contributed by atoms with Crippen LogP contribution in [0.2, 0.25) is 0 Å². The number of piperidine rings is 1. The number of carbonyl (C=O) groups excluding carboxylic acids is 1. The van der Waals surface area contributed by atoms with Crippen molar-refractivity contribution in [2.45, 2.75) is 44.9 Å². The van der Waals surface area contributed by atoms with Gasteiger partial charge in [0.15, 0.2) is 0 Å². The lowest BCUT2D eigenvalue weighted by Crippen LogP contribution is -2.44.